The van der Waals surface area contributed by atoms with Crippen LogP contribution in [-0.2, 0) is 10.5 Å². The van der Waals surface area contributed by atoms with Crippen molar-refractivity contribution >= 4 is 23.4 Å². The van der Waals surface area contributed by atoms with E-state index in [1.165, 1.54) is 23.9 Å². The minimum Gasteiger partial charge on any atom is -0.346 e. The molecule has 0 aliphatic rings. The zero-order valence-electron chi connectivity index (χ0n) is 19.8. The van der Waals surface area contributed by atoms with Gasteiger partial charge in [-0.15, -0.1) is 10.2 Å². The molecule has 0 spiro atoms. The van der Waals surface area contributed by atoms with Crippen molar-refractivity contribution in [3.8, 4) is 5.69 Å². The molecule has 9 heteroatoms. The summed E-state index contributed by atoms with van der Waals surface area (Å²) >= 11 is 1.53. The highest BCUT2D eigenvalue weighted by Gasteiger charge is 2.24. The molecule has 180 valence electrons. The lowest BCUT2D eigenvalue weighted by Crippen LogP contribution is -2.33. The van der Waals surface area contributed by atoms with Crippen LogP contribution in [0.15, 0.2) is 59.8 Å². The first kappa shape index (κ1) is 25.4. The third-order valence-electron chi connectivity index (χ3n) is 5.70. The molecule has 0 aliphatic heterocycles. The highest BCUT2D eigenvalue weighted by molar-refractivity contribution is 7.98. The van der Waals surface area contributed by atoms with Crippen LogP contribution in [0.4, 0.5) is 5.69 Å². The van der Waals surface area contributed by atoms with Crippen molar-refractivity contribution in [1.82, 2.24) is 20.1 Å². The summed E-state index contributed by atoms with van der Waals surface area (Å²) in [5, 5.41) is 23.7. The standard InChI is InChI=1S/C25H31N5O3S/c1-4-6-12-20(5-2)24(31)26-18(3)23-27-28-25(34-17-19-10-8-7-9-11-19)29(23)21-13-15-22(16-14-21)30(32)33/h7-11,13-16,18,20H,4-6,12,17H2,1-3H3,(H,26,31). The summed E-state index contributed by atoms with van der Waals surface area (Å²) in [7, 11) is 0. The van der Waals surface area contributed by atoms with Crippen LogP contribution in [0.3, 0.4) is 0 Å². The van der Waals surface area contributed by atoms with Gasteiger partial charge in [-0.1, -0.05) is 68.8 Å². The number of amides is 1. The fourth-order valence-electron chi connectivity index (χ4n) is 3.71. The number of nitro groups is 1. The smallest absolute Gasteiger partial charge is 0.269 e. The summed E-state index contributed by atoms with van der Waals surface area (Å²) < 4.78 is 1.87. The summed E-state index contributed by atoms with van der Waals surface area (Å²) in [6.45, 7) is 6.04. The number of hydrogen-bond acceptors (Lipinski definition) is 6. The monoisotopic (exact) mass is 481 g/mol. The van der Waals surface area contributed by atoms with Crippen molar-refractivity contribution in [2.45, 2.75) is 63.4 Å². The second-order valence-electron chi connectivity index (χ2n) is 8.20. The Morgan fingerprint density at radius 1 is 1.12 bits per heavy atom. The molecule has 0 fully saturated rings. The van der Waals surface area contributed by atoms with E-state index < -0.39 is 4.92 Å². The van der Waals surface area contributed by atoms with Crippen LogP contribution in [0, 0.1) is 16.0 Å². The molecule has 0 saturated carbocycles. The predicted molar refractivity (Wildman–Crippen MR) is 134 cm³/mol. The molecular formula is C25H31N5O3S. The van der Waals surface area contributed by atoms with Gasteiger partial charge in [-0.3, -0.25) is 19.5 Å². The van der Waals surface area contributed by atoms with Crippen LogP contribution in [0.5, 0.6) is 0 Å². The fraction of sp³-hybridized carbons (Fsp3) is 0.400. The third-order valence-corrected chi connectivity index (χ3v) is 6.70. The van der Waals surface area contributed by atoms with E-state index in [9.17, 15) is 14.9 Å². The number of nitrogens with one attached hydrogen (secondary N) is 1. The Bertz CT molecular complexity index is 1090. The van der Waals surface area contributed by atoms with Crippen molar-refractivity contribution in [2.75, 3.05) is 0 Å². The Kier molecular flexibility index (Phi) is 9.21. The van der Waals surface area contributed by atoms with Gasteiger partial charge in [0.1, 0.15) is 0 Å². The van der Waals surface area contributed by atoms with Gasteiger partial charge in [-0.25, -0.2) is 0 Å². The first-order valence-electron chi connectivity index (χ1n) is 11.6. The molecule has 3 rings (SSSR count). The van der Waals surface area contributed by atoms with Gasteiger partial charge >= 0.3 is 0 Å². The molecule has 0 radical (unpaired) electrons. The largest absolute Gasteiger partial charge is 0.346 e. The number of unbranched alkanes of at least 4 members (excludes halogenated alkanes) is 1. The summed E-state index contributed by atoms with van der Waals surface area (Å²) in [6, 6.07) is 16.0. The van der Waals surface area contributed by atoms with Crippen molar-refractivity contribution in [3.63, 3.8) is 0 Å². The number of carbonyl (C=O) groups is 1. The van der Waals surface area contributed by atoms with Crippen molar-refractivity contribution in [1.29, 1.82) is 0 Å². The quantitative estimate of drug-likeness (QED) is 0.197. The second kappa shape index (κ2) is 12.3. The highest BCUT2D eigenvalue weighted by atomic mass is 32.2. The second-order valence-corrected chi connectivity index (χ2v) is 9.14. The number of nitrogens with zero attached hydrogens (tertiary/aromatic N) is 4. The molecule has 0 bridgehead atoms. The normalized spacial score (nSPS) is 12.8. The maximum absolute atomic E-state index is 12.9. The molecule has 0 saturated heterocycles. The highest BCUT2D eigenvalue weighted by Crippen LogP contribution is 2.29. The number of aromatic nitrogens is 3. The molecule has 2 atom stereocenters. The van der Waals surface area contributed by atoms with Crippen molar-refractivity contribution < 1.29 is 9.72 Å². The molecule has 1 N–H and O–H groups in total. The molecule has 1 amide bonds. The average molecular weight is 482 g/mol. The number of nitro benzene ring substituents is 1. The van der Waals surface area contributed by atoms with Crippen molar-refractivity contribution in [3.05, 3.63) is 76.1 Å². The Hall–Kier alpha value is -3.20. The summed E-state index contributed by atoms with van der Waals surface area (Å²) in [6.07, 6.45) is 3.71. The van der Waals surface area contributed by atoms with E-state index in [4.69, 9.17) is 0 Å². The summed E-state index contributed by atoms with van der Waals surface area (Å²) in [4.78, 5) is 23.6. The van der Waals surface area contributed by atoms with Crippen LogP contribution < -0.4 is 5.32 Å². The minimum absolute atomic E-state index is 0.0138. The number of rotatable bonds is 12. The Morgan fingerprint density at radius 3 is 2.44 bits per heavy atom. The zero-order valence-corrected chi connectivity index (χ0v) is 20.6. The van der Waals surface area contributed by atoms with Crippen LogP contribution in [-0.4, -0.2) is 25.6 Å². The fourth-order valence-corrected chi connectivity index (χ4v) is 4.63. The number of carbonyl (C=O) groups excluding carboxylic acids is 1. The minimum atomic E-state index is -0.425. The first-order valence-corrected chi connectivity index (χ1v) is 12.6. The predicted octanol–water partition coefficient (Wildman–Crippen LogP) is 5.86. The van der Waals surface area contributed by atoms with Crippen LogP contribution in [0.1, 0.15) is 63.9 Å². The number of hydrogen-bond donors (Lipinski definition) is 1. The van der Waals surface area contributed by atoms with E-state index in [0.717, 1.165) is 31.2 Å². The maximum atomic E-state index is 12.9. The molecule has 8 nitrogen and oxygen atoms in total. The topological polar surface area (TPSA) is 103 Å². The van der Waals surface area contributed by atoms with Crippen LogP contribution >= 0.6 is 11.8 Å². The van der Waals surface area contributed by atoms with Crippen LogP contribution in [0.2, 0.25) is 0 Å². The van der Waals surface area contributed by atoms with Gasteiger partial charge in [0.15, 0.2) is 11.0 Å². The number of thioether (sulfide) groups is 1. The van der Waals surface area contributed by atoms with Gasteiger partial charge in [0.2, 0.25) is 5.91 Å². The molecule has 0 aliphatic carbocycles. The van der Waals surface area contributed by atoms with E-state index >= 15 is 0 Å². The van der Waals surface area contributed by atoms with Gasteiger partial charge < -0.3 is 5.32 Å². The third kappa shape index (κ3) is 6.44. The Balaban J connectivity index is 1.88. The summed E-state index contributed by atoms with van der Waals surface area (Å²) in [5.41, 5.74) is 1.87. The molecule has 2 unspecified atom stereocenters. The van der Waals surface area contributed by atoms with Gasteiger partial charge in [0, 0.05) is 29.5 Å². The Labute approximate surface area is 204 Å². The van der Waals surface area contributed by atoms with E-state index in [2.05, 4.69) is 22.4 Å². The summed E-state index contributed by atoms with van der Waals surface area (Å²) in [5.74, 6) is 1.26. The van der Waals surface area contributed by atoms with E-state index in [1.54, 1.807) is 12.1 Å². The van der Waals surface area contributed by atoms with Gasteiger partial charge in [0.25, 0.3) is 5.69 Å². The zero-order chi connectivity index (χ0) is 24.5. The van der Waals surface area contributed by atoms with E-state index in [1.807, 2.05) is 48.7 Å². The molecule has 2 aromatic carbocycles. The molecule has 3 aromatic rings. The van der Waals surface area contributed by atoms with Crippen molar-refractivity contribution in [2.24, 2.45) is 5.92 Å². The van der Waals surface area contributed by atoms with Gasteiger partial charge in [-0.05, 0) is 37.5 Å². The molecule has 1 aromatic heterocycles. The lowest BCUT2D eigenvalue weighted by atomic mass is 9.98. The lowest BCUT2D eigenvalue weighted by molar-refractivity contribution is -0.384. The van der Waals surface area contributed by atoms with Gasteiger partial charge in [0.05, 0.1) is 11.0 Å². The van der Waals surface area contributed by atoms with E-state index in [-0.39, 0.29) is 23.6 Å². The number of non-ortho nitro benzene ring substituents is 1. The van der Waals surface area contributed by atoms with Crippen LogP contribution in [0.25, 0.3) is 5.69 Å². The molecule has 34 heavy (non-hydrogen) atoms. The van der Waals surface area contributed by atoms with E-state index in [0.29, 0.717) is 22.4 Å². The lowest BCUT2D eigenvalue weighted by Gasteiger charge is -2.20. The molecule has 1 heterocycles. The van der Waals surface area contributed by atoms with Gasteiger partial charge in [-0.2, -0.15) is 0 Å². The SMILES string of the molecule is CCCCC(CC)C(=O)NC(C)c1nnc(SCc2ccccc2)n1-c1ccc([N+](=O)[O-])cc1. The number of benzene rings is 2. The average Bonchev–Trinajstić information content (AvgIpc) is 3.28. The maximum Gasteiger partial charge on any atom is 0.269 e. The Morgan fingerprint density at radius 2 is 1.82 bits per heavy atom. The molecular weight excluding hydrogens is 450 g/mol. The first-order chi connectivity index (χ1) is 16.4.